The molecule has 0 spiro atoms. The van der Waals surface area contributed by atoms with Crippen molar-refractivity contribution >= 4 is 15.9 Å². The van der Waals surface area contributed by atoms with Crippen molar-refractivity contribution in [1.29, 1.82) is 0 Å². The molecule has 1 aliphatic heterocycles. The lowest BCUT2D eigenvalue weighted by Gasteiger charge is -2.40. The summed E-state index contributed by atoms with van der Waals surface area (Å²) >= 11 is 0. The molecule has 1 saturated carbocycles. The van der Waals surface area contributed by atoms with Crippen LogP contribution >= 0.6 is 0 Å². The predicted octanol–water partition coefficient (Wildman–Crippen LogP) is 3.53. The van der Waals surface area contributed by atoms with Gasteiger partial charge in [0.1, 0.15) is 0 Å². The Morgan fingerprint density at radius 2 is 1.84 bits per heavy atom. The van der Waals surface area contributed by atoms with E-state index in [1.807, 2.05) is 12.1 Å². The molecule has 3 rings (SSSR count). The van der Waals surface area contributed by atoms with Gasteiger partial charge in [0.15, 0.2) is 9.84 Å². The van der Waals surface area contributed by atoms with Gasteiger partial charge < -0.3 is 4.74 Å². The van der Waals surface area contributed by atoms with Gasteiger partial charge in [-0.25, -0.2) is 8.42 Å². The van der Waals surface area contributed by atoms with Gasteiger partial charge in [-0.2, -0.15) is 0 Å². The average Bonchev–Trinajstić information content (AvgIpc) is 2.56. The second-order valence-electron chi connectivity index (χ2n) is 7.16. The molecule has 138 valence electrons. The molecule has 0 N–H and O–H groups in total. The second kappa shape index (κ2) is 8.47. The second-order valence-corrected chi connectivity index (χ2v) is 9.27. The maximum Gasteiger partial charge on any atom is 0.178 e. The number of rotatable bonds is 7. The van der Waals surface area contributed by atoms with Gasteiger partial charge in [0.25, 0.3) is 0 Å². The van der Waals surface area contributed by atoms with Gasteiger partial charge in [0.2, 0.25) is 0 Å². The van der Waals surface area contributed by atoms with E-state index in [0.717, 1.165) is 24.4 Å². The minimum absolute atomic E-state index is 0.137. The molecular weight excluding hydrogens is 334 g/mol. The summed E-state index contributed by atoms with van der Waals surface area (Å²) in [6, 6.07) is 8.16. The molecule has 25 heavy (non-hydrogen) atoms. The molecule has 2 aliphatic rings. The Bertz CT molecular complexity index is 680. The first kappa shape index (κ1) is 18.6. The van der Waals surface area contributed by atoms with Crippen LogP contribution in [0.4, 0.5) is 0 Å². The van der Waals surface area contributed by atoms with Crippen LogP contribution in [0, 0.1) is 0 Å². The van der Waals surface area contributed by atoms with Gasteiger partial charge in [-0.3, -0.25) is 4.90 Å². The average molecular weight is 364 g/mol. The van der Waals surface area contributed by atoms with Crippen LogP contribution in [0.3, 0.4) is 0 Å². The first-order valence-corrected chi connectivity index (χ1v) is 11.0. The van der Waals surface area contributed by atoms with Crippen LogP contribution in [0.25, 0.3) is 6.08 Å². The van der Waals surface area contributed by atoms with Crippen molar-refractivity contribution in [3.8, 4) is 0 Å². The molecule has 5 heteroatoms. The quantitative estimate of drug-likeness (QED) is 0.695. The molecule has 0 bridgehead atoms. The number of hydrogen-bond acceptors (Lipinski definition) is 4. The van der Waals surface area contributed by atoms with E-state index in [0.29, 0.717) is 17.9 Å². The Labute approximate surface area is 151 Å². The van der Waals surface area contributed by atoms with Gasteiger partial charge >= 0.3 is 0 Å². The van der Waals surface area contributed by atoms with Crippen LogP contribution in [0.2, 0.25) is 0 Å². The number of ether oxygens (including phenoxy) is 1. The van der Waals surface area contributed by atoms with Crippen LogP contribution in [-0.2, 0) is 14.6 Å². The summed E-state index contributed by atoms with van der Waals surface area (Å²) in [6.07, 6.45) is 9.17. The van der Waals surface area contributed by atoms with Crippen molar-refractivity contribution in [2.75, 3.05) is 32.6 Å². The predicted molar refractivity (Wildman–Crippen MR) is 101 cm³/mol. The van der Waals surface area contributed by atoms with Crippen LogP contribution in [-0.4, -0.2) is 51.9 Å². The molecule has 0 amide bonds. The van der Waals surface area contributed by atoms with Crippen molar-refractivity contribution in [2.24, 2.45) is 0 Å². The SMILES string of the molecule is COCCCS(=O)(=O)c1ccc(C=C2CCN(C3CCC3)CC2)cc1. The third-order valence-electron chi connectivity index (χ3n) is 5.40. The fourth-order valence-corrected chi connectivity index (χ4v) is 4.88. The van der Waals surface area contributed by atoms with E-state index < -0.39 is 9.84 Å². The minimum atomic E-state index is -3.20. The number of hydrogen-bond donors (Lipinski definition) is 0. The maximum absolute atomic E-state index is 12.3. The van der Waals surface area contributed by atoms with Crippen LogP contribution < -0.4 is 0 Å². The normalized spacial score (nSPS) is 19.6. The minimum Gasteiger partial charge on any atom is -0.385 e. The van der Waals surface area contributed by atoms with Crippen molar-refractivity contribution in [3.63, 3.8) is 0 Å². The lowest BCUT2D eigenvalue weighted by Crippen LogP contribution is -2.43. The molecule has 1 saturated heterocycles. The van der Waals surface area contributed by atoms with Crippen molar-refractivity contribution in [2.45, 2.75) is 49.5 Å². The molecule has 4 nitrogen and oxygen atoms in total. The first-order valence-electron chi connectivity index (χ1n) is 9.34. The highest BCUT2D eigenvalue weighted by atomic mass is 32.2. The topological polar surface area (TPSA) is 46.6 Å². The van der Waals surface area contributed by atoms with E-state index in [1.165, 1.54) is 37.9 Å². The van der Waals surface area contributed by atoms with Crippen molar-refractivity contribution in [1.82, 2.24) is 4.90 Å². The Morgan fingerprint density at radius 3 is 2.40 bits per heavy atom. The smallest absolute Gasteiger partial charge is 0.178 e. The molecule has 0 radical (unpaired) electrons. The van der Waals surface area contributed by atoms with Crippen LogP contribution in [0.15, 0.2) is 34.7 Å². The molecule has 0 aromatic heterocycles. The summed E-state index contributed by atoms with van der Waals surface area (Å²) in [4.78, 5) is 3.04. The van der Waals surface area contributed by atoms with Gasteiger partial charge in [-0.05, 0) is 49.8 Å². The van der Waals surface area contributed by atoms with E-state index in [1.54, 1.807) is 19.2 Å². The summed E-state index contributed by atoms with van der Waals surface area (Å²) in [5, 5.41) is 0. The molecular formula is C20H29NO3S. The fraction of sp³-hybridized carbons (Fsp3) is 0.600. The van der Waals surface area contributed by atoms with E-state index in [2.05, 4.69) is 11.0 Å². The molecule has 0 unspecified atom stereocenters. The van der Waals surface area contributed by atoms with Gasteiger partial charge in [-0.15, -0.1) is 0 Å². The lowest BCUT2D eigenvalue weighted by atomic mass is 9.89. The summed E-state index contributed by atoms with van der Waals surface area (Å²) in [5.41, 5.74) is 2.58. The van der Waals surface area contributed by atoms with E-state index in [-0.39, 0.29) is 5.75 Å². The van der Waals surface area contributed by atoms with Gasteiger partial charge in [-0.1, -0.05) is 30.2 Å². The van der Waals surface area contributed by atoms with E-state index in [4.69, 9.17) is 4.74 Å². The highest BCUT2D eigenvalue weighted by molar-refractivity contribution is 7.91. The summed E-state index contributed by atoms with van der Waals surface area (Å²) in [6.45, 7) is 2.81. The Hall–Kier alpha value is -1.17. The van der Waals surface area contributed by atoms with Crippen molar-refractivity contribution in [3.05, 3.63) is 35.4 Å². The van der Waals surface area contributed by atoms with Crippen LogP contribution in [0.5, 0.6) is 0 Å². The molecule has 2 fully saturated rings. The number of nitrogens with zero attached hydrogens (tertiary/aromatic N) is 1. The number of sulfone groups is 1. The number of piperidine rings is 1. The number of methoxy groups -OCH3 is 1. The standard InChI is InChI=1S/C20H29NO3S/c1-24-14-3-15-25(22,23)20-8-6-17(7-9-20)16-18-10-12-21(13-11-18)19-4-2-5-19/h6-9,16,19H,2-5,10-15H2,1H3. The maximum atomic E-state index is 12.3. The number of benzene rings is 1. The molecule has 0 atom stereocenters. The summed E-state index contributed by atoms with van der Waals surface area (Å²) in [7, 11) is -1.61. The molecule has 1 heterocycles. The Kier molecular flexibility index (Phi) is 6.31. The first-order chi connectivity index (χ1) is 12.1. The van der Waals surface area contributed by atoms with Crippen molar-refractivity contribution < 1.29 is 13.2 Å². The number of likely N-dealkylation sites (tertiary alicyclic amines) is 1. The Balaban J connectivity index is 1.57. The summed E-state index contributed by atoms with van der Waals surface area (Å²) < 4.78 is 29.5. The van der Waals surface area contributed by atoms with E-state index in [9.17, 15) is 8.42 Å². The lowest BCUT2D eigenvalue weighted by molar-refractivity contribution is 0.118. The highest BCUT2D eigenvalue weighted by Crippen LogP contribution is 2.29. The molecule has 1 aromatic rings. The third kappa shape index (κ3) is 4.93. The van der Waals surface area contributed by atoms with Crippen LogP contribution in [0.1, 0.15) is 44.1 Å². The third-order valence-corrected chi connectivity index (χ3v) is 7.22. The zero-order valence-electron chi connectivity index (χ0n) is 15.1. The largest absolute Gasteiger partial charge is 0.385 e. The fourth-order valence-electron chi connectivity index (χ4n) is 3.59. The molecule has 1 aromatic carbocycles. The zero-order chi connectivity index (χ0) is 17.7. The van der Waals surface area contributed by atoms with Gasteiger partial charge in [0, 0.05) is 32.8 Å². The van der Waals surface area contributed by atoms with E-state index >= 15 is 0 Å². The summed E-state index contributed by atoms with van der Waals surface area (Å²) in [5.74, 6) is 0.137. The zero-order valence-corrected chi connectivity index (χ0v) is 15.9. The Morgan fingerprint density at radius 1 is 1.16 bits per heavy atom. The molecule has 1 aliphatic carbocycles. The van der Waals surface area contributed by atoms with Gasteiger partial charge in [0.05, 0.1) is 10.6 Å². The monoisotopic (exact) mass is 363 g/mol. The highest BCUT2D eigenvalue weighted by Gasteiger charge is 2.26.